The maximum atomic E-state index is 11.9. The number of carbonyl (C=O) groups is 1. The van der Waals surface area contributed by atoms with E-state index in [0.717, 1.165) is 10.5 Å². The molecule has 0 aromatic heterocycles. The molecule has 0 radical (unpaired) electrons. The van der Waals surface area contributed by atoms with Gasteiger partial charge < -0.3 is 11.1 Å². The highest BCUT2D eigenvalue weighted by molar-refractivity contribution is 8.00. The van der Waals surface area contributed by atoms with Gasteiger partial charge in [0.05, 0.1) is 10.8 Å². The fourth-order valence-corrected chi connectivity index (χ4v) is 2.94. The van der Waals surface area contributed by atoms with E-state index in [-0.39, 0.29) is 5.91 Å². The van der Waals surface area contributed by atoms with Crippen molar-refractivity contribution >= 4 is 35.0 Å². The van der Waals surface area contributed by atoms with Crippen LogP contribution in [0.25, 0.3) is 0 Å². The number of nitrogen functional groups attached to an aromatic ring is 1. The highest BCUT2D eigenvalue weighted by atomic mass is 35.5. The number of benzene rings is 2. The van der Waals surface area contributed by atoms with Crippen LogP contribution in [0.2, 0.25) is 5.02 Å². The fraction of sp³-hybridized carbons (Fsp3) is 0.188. The van der Waals surface area contributed by atoms with E-state index in [0.29, 0.717) is 23.0 Å². The Morgan fingerprint density at radius 2 is 1.95 bits per heavy atom. The van der Waals surface area contributed by atoms with Gasteiger partial charge in [-0.25, -0.2) is 0 Å². The Kier molecular flexibility index (Phi) is 5.53. The third-order valence-electron chi connectivity index (χ3n) is 2.96. The van der Waals surface area contributed by atoms with Crippen LogP contribution >= 0.6 is 23.4 Å². The topological polar surface area (TPSA) is 55.1 Å². The summed E-state index contributed by atoms with van der Waals surface area (Å²) in [4.78, 5) is 12.6. The zero-order valence-corrected chi connectivity index (χ0v) is 13.3. The first-order valence-corrected chi connectivity index (χ1v) is 7.91. The zero-order chi connectivity index (χ0) is 15.2. The van der Waals surface area contributed by atoms with Crippen LogP contribution in [0.4, 0.5) is 5.69 Å². The molecule has 0 saturated heterocycles. The van der Waals surface area contributed by atoms with Crippen LogP contribution in [0.5, 0.6) is 0 Å². The van der Waals surface area contributed by atoms with Gasteiger partial charge in [-0.2, -0.15) is 0 Å². The van der Waals surface area contributed by atoms with Gasteiger partial charge >= 0.3 is 0 Å². The van der Waals surface area contributed by atoms with Crippen molar-refractivity contribution in [2.45, 2.75) is 18.4 Å². The summed E-state index contributed by atoms with van der Waals surface area (Å²) in [6, 6.07) is 13.4. The maximum Gasteiger partial charge on any atom is 0.230 e. The number of anilines is 1. The van der Waals surface area contributed by atoms with E-state index < -0.39 is 0 Å². The smallest absolute Gasteiger partial charge is 0.230 e. The monoisotopic (exact) mass is 320 g/mol. The summed E-state index contributed by atoms with van der Waals surface area (Å²) in [6.07, 6.45) is 0. The third kappa shape index (κ3) is 4.69. The van der Waals surface area contributed by atoms with Crippen LogP contribution in [-0.2, 0) is 11.3 Å². The highest BCUT2D eigenvalue weighted by Crippen LogP contribution is 2.32. The number of hydrogen-bond donors (Lipinski definition) is 2. The number of nitrogens with one attached hydrogen (secondary N) is 1. The van der Waals surface area contributed by atoms with Crippen molar-refractivity contribution in [1.82, 2.24) is 5.32 Å². The van der Waals surface area contributed by atoms with Crippen LogP contribution in [0.15, 0.2) is 47.4 Å². The summed E-state index contributed by atoms with van der Waals surface area (Å²) in [5.74, 6) is 0.250. The van der Waals surface area contributed by atoms with Gasteiger partial charge in [0.1, 0.15) is 0 Å². The molecule has 2 aromatic carbocycles. The summed E-state index contributed by atoms with van der Waals surface area (Å²) < 4.78 is 0. The number of aryl methyl sites for hydroxylation is 1. The average Bonchev–Trinajstić information content (AvgIpc) is 2.46. The molecule has 21 heavy (non-hydrogen) atoms. The molecule has 110 valence electrons. The van der Waals surface area contributed by atoms with Gasteiger partial charge in [-0.15, -0.1) is 11.8 Å². The summed E-state index contributed by atoms with van der Waals surface area (Å²) in [5.41, 5.74) is 8.73. The second-order valence-electron chi connectivity index (χ2n) is 4.71. The first-order chi connectivity index (χ1) is 10.1. The van der Waals surface area contributed by atoms with E-state index in [1.165, 1.54) is 17.3 Å². The third-order valence-corrected chi connectivity index (χ3v) is 4.53. The molecule has 0 atom stereocenters. The van der Waals surface area contributed by atoms with Crippen molar-refractivity contribution in [2.24, 2.45) is 0 Å². The molecule has 1 amide bonds. The van der Waals surface area contributed by atoms with Gasteiger partial charge in [-0.05, 0) is 24.6 Å². The van der Waals surface area contributed by atoms with E-state index in [1.54, 1.807) is 18.2 Å². The van der Waals surface area contributed by atoms with Crippen molar-refractivity contribution in [1.29, 1.82) is 0 Å². The molecule has 2 rings (SSSR count). The number of thioether (sulfide) groups is 1. The molecule has 0 aliphatic rings. The van der Waals surface area contributed by atoms with E-state index in [4.69, 9.17) is 17.3 Å². The molecule has 5 heteroatoms. The number of rotatable bonds is 5. The van der Waals surface area contributed by atoms with Crippen LogP contribution in [-0.4, -0.2) is 11.7 Å². The molecular weight excluding hydrogens is 304 g/mol. The summed E-state index contributed by atoms with van der Waals surface area (Å²) in [7, 11) is 0. The summed E-state index contributed by atoms with van der Waals surface area (Å²) in [5, 5.41) is 3.46. The molecule has 0 aliphatic carbocycles. The molecule has 3 N–H and O–H groups in total. The SMILES string of the molecule is Cc1ccc(CNC(=O)CSc2c(N)cccc2Cl)cc1. The average molecular weight is 321 g/mol. The molecule has 0 saturated carbocycles. The number of halogens is 1. The number of amides is 1. The summed E-state index contributed by atoms with van der Waals surface area (Å²) in [6.45, 7) is 2.56. The molecule has 0 fully saturated rings. The Hall–Kier alpha value is -1.65. The Morgan fingerprint density at radius 1 is 1.24 bits per heavy atom. The molecule has 0 unspecified atom stereocenters. The van der Waals surface area contributed by atoms with Crippen molar-refractivity contribution < 1.29 is 4.79 Å². The zero-order valence-electron chi connectivity index (χ0n) is 11.7. The predicted molar refractivity (Wildman–Crippen MR) is 89.6 cm³/mol. The highest BCUT2D eigenvalue weighted by Gasteiger charge is 2.08. The van der Waals surface area contributed by atoms with Gasteiger partial charge in [0.15, 0.2) is 0 Å². The van der Waals surface area contributed by atoms with Gasteiger partial charge in [0.25, 0.3) is 0 Å². The Bertz CT molecular complexity index is 608. The van der Waals surface area contributed by atoms with Crippen molar-refractivity contribution in [3.8, 4) is 0 Å². The fourth-order valence-electron chi connectivity index (χ4n) is 1.77. The first kappa shape index (κ1) is 15.7. The lowest BCUT2D eigenvalue weighted by atomic mass is 10.1. The van der Waals surface area contributed by atoms with E-state index in [2.05, 4.69) is 5.32 Å². The Morgan fingerprint density at radius 3 is 2.62 bits per heavy atom. The Balaban J connectivity index is 1.84. The molecule has 0 heterocycles. The molecular formula is C16H17ClN2OS. The van der Waals surface area contributed by atoms with Gasteiger partial charge in [-0.3, -0.25) is 4.79 Å². The lowest BCUT2D eigenvalue weighted by Crippen LogP contribution is -2.24. The lowest BCUT2D eigenvalue weighted by molar-refractivity contribution is -0.118. The normalized spacial score (nSPS) is 10.4. The minimum atomic E-state index is -0.0418. The molecule has 0 bridgehead atoms. The van der Waals surface area contributed by atoms with Crippen LogP contribution < -0.4 is 11.1 Å². The van der Waals surface area contributed by atoms with Crippen LogP contribution in [0, 0.1) is 6.92 Å². The maximum absolute atomic E-state index is 11.9. The van der Waals surface area contributed by atoms with Gasteiger partial charge in [0, 0.05) is 17.1 Å². The molecule has 0 spiro atoms. The van der Waals surface area contributed by atoms with Crippen molar-refractivity contribution in [3.63, 3.8) is 0 Å². The second-order valence-corrected chi connectivity index (χ2v) is 6.10. The van der Waals surface area contributed by atoms with Crippen LogP contribution in [0.1, 0.15) is 11.1 Å². The molecule has 3 nitrogen and oxygen atoms in total. The minimum Gasteiger partial charge on any atom is -0.398 e. The van der Waals surface area contributed by atoms with Gasteiger partial charge in [0.2, 0.25) is 5.91 Å². The minimum absolute atomic E-state index is 0.0418. The number of carbonyl (C=O) groups excluding carboxylic acids is 1. The van der Waals surface area contributed by atoms with E-state index in [1.807, 2.05) is 31.2 Å². The largest absolute Gasteiger partial charge is 0.398 e. The second kappa shape index (κ2) is 7.38. The number of hydrogen-bond acceptors (Lipinski definition) is 3. The van der Waals surface area contributed by atoms with Crippen molar-refractivity contribution in [2.75, 3.05) is 11.5 Å². The first-order valence-electron chi connectivity index (χ1n) is 6.55. The van der Waals surface area contributed by atoms with E-state index >= 15 is 0 Å². The lowest BCUT2D eigenvalue weighted by Gasteiger charge is -2.08. The molecule has 2 aromatic rings. The molecule has 0 aliphatic heterocycles. The Labute approximate surface area is 133 Å². The predicted octanol–water partition coefficient (Wildman–Crippen LogP) is 3.64. The number of nitrogens with two attached hydrogens (primary N) is 1. The van der Waals surface area contributed by atoms with E-state index in [9.17, 15) is 4.79 Å². The quantitative estimate of drug-likeness (QED) is 0.653. The standard InChI is InChI=1S/C16H17ClN2OS/c1-11-5-7-12(8-6-11)9-19-15(20)10-21-16-13(17)3-2-4-14(16)18/h2-8H,9-10,18H2,1H3,(H,19,20). The van der Waals surface area contributed by atoms with Crippen LogP contribution in [0.3, 0.4) is 0 Å². The van der Waals surface area contributed by atoms with Gasteiger partial charge in [-0.1, -0.05) is 47.5 Å². The summed E-state index contributed by atoms with van der Waals surface area (Å²) >= 11 is 7.42. The van der Waals surface area contributed by atoms with Crippen molar-refractivity contribution in [3.05, 3.63) is 58.6 Å².